The lowest BCUT2D eigenvalue weighted by Crippen LogP contribution is -2.01. The highest BCUT2D eigenvalue weighted by molar-refractivity contribution is 6.03. The zero-order valence-corrected chi connectivity index (χ0v) is 10.1. The van der Waals surface area contributed by atoms with Gasteiger partial charge in [-0.2, -0.15) is 0 Å². The molecule has 106 valence electrons. The van der Waals surface area contributed by atoms with Crippen LogP contribution in [0, 0.1) is 30.3 Å². The summed E-state index contributed by atoms with van der Waals surface area (Å²) in [5, 5.41) is 32.5. The topological polar surface area (TPSA) is 146 Å². The van der Waals surface area contributed by atoms with Crippen molar-refractivity contribution in [1.82, 2.24) is 0 Å². The molecule has 0 aliphatic carbocycles. The van der Waals surface area contributed by atoms with Gasteiger partial charge in [0.25, 0.3) is 17.1 Å². The molecule has 10 nitrogen and oxygen atoms in total. The van der Waals surface area contributed by atoms with Crippen LogP contribution in [0.2, 0.25) is 0 Å². The van der Waals surface area contributed by atoms with E-state index < -0.39 is 31.7 Å². The highest BCUT2D eigenvalue weighted by Gasteiger charge is 2.29. The predicted octanol–water partition coefficient (Wildman–Crippen LogP) is 2.38. The maximum Gasteiger partial charge on any atom is 0.294 e. The first-order valence-corrected chi connectivity index (χ1v) is 5.36. The number of nitrogens with zero attached hydrogens (tertiary/aromatic N) is 3. The van der Waals surface area contributed by atoms with E-state index in [2.05, 4.69) is 0 Å². The molecule has 0 fully saturated rings. The Labute approximate surface area is 115 Å². The van der Waals surface area contributed by atoms with Crippen LogP contribution in [-0.2, 0) is 0 Å². The summed E-state index contributed by atoms with van der Waals surface area (Å²) < 4.78 is 0. The smallest absolute Gasteiger partial charge is 0.294 e. The summed E-state index contributed by atoms with van der Waals surface area (Å²) in [7, 11) is 0. The molecule has 0 aromatic heterocycles. The second-order valence-electron chi connectivity index (χ2n) is 3.95. The van der Waals surface area contributed by atoms with Gasteiger partial charge in [-0.3, -0.25) is 35.1 Å². The number of benzene rings is 2. The Kier molecular flexibility index (Phi) is 3.28. The normalized spacial score (nSPS) is 10.3. The number of hydrogen-bond acceptors (Lipinski definition) is 7. The number of fused-ring (bicyclic) bond motifs is 1. The Bertz CT molecular complexity index is 815. The summed E-state index contributed by atoms with van der Waals surface area (Å²) in [4.78, 5) is 41.0. The van der Waals surface area contributed by atoms with Crippen molar-refractivity contribution in [2.75, 3.05) is 0 Å². The highest BCUT2D eigenvalue weighted by Crippen LogP contribution is 2.36. The van der Waals surface area contributed by atoms with E-state index in [1.54, 1.807) is 0 Å². The number of nitro groups is 3. The maximum absolute atomic E-state index is 11.1. The molecule has 0 radical (unpaired) electrons. The van der Waals surface area contributed by atoms with Crippen molar-refractivity contribution < 1.29 is 19.6 Å². The van der Waals surface area contributed by atoms with Crippen LogP contribution < -0.4 is 0 Å². The van der Waals surface area contributed by atoms with Crippen molar-refractivity contribution in [2.24, 2.45) is 0 Å². The van der Waals surface area contributed by atoms with Crippen LogP contribution in [0.5, 0.6) is 0 Å². The number of carbonyl (C=O) groups is 1. The summed E-state index contributed by atoms with van der Waals surface area (Å²) in [5.74, 6) is 0. The number of non-ortho nitro benzene ring substituents is 1. The zero-order valence-electron chi connectivity index (χ0n) is 10.1. The highest BCUT2D eigenvalue weighted by atomic mass is 16.6. The number of aldehydes is 1. The molecule has 10 heteroatoms. The third-order valence-electron chi connectivity index (χ3n) is 2.82. The summed E-state index contributed by atoms with van der Waals surface area (Å²) in [6.45, 7) is 0. The monoisotopic (exact) mass is 291 g/mol. The summed E-state index contributed by atoms with van der Waals surface area (Å²) in [5.41, 5.74) is -2.56. The van der Waals surface area contributed by atoms with E-state index in [0.29, 0.717) is 0 Å². The lowest BCUT2D eigenvalue weighted by Gasteiger charge is -2.03. The first kappa shape index (κ1) is 14.0. The summed E-state index contributed by atoms with van der Waals surface area (Å²) in [6.07, 6.45) is 0.0249. The van der Waals surface area contributed by atoms with Gasteiger partial charge in [0, 0.05) is 23.6 Å². The maximum atomic E-state index is 11.1. The van der Waals surface area contributed by atoms with Gasteiger partial charge in [-0.15, -0.1) is 0 Å². The molecular weight excluding hydrogens is 286 g/mol. The van der Waals surface area contributed by atoms with E-state index in [-0.39, 0.29) is 22.7 Å². The van der Waals surface area contributed by atoms with Gasteiger partial charge in [-0.05, 0) is 6.07 Å². The number of rotatable bonds is 4. The molecular formula is C11H5N3O7. The Morgan fingerprint density at radius 2 is 1.57 bits per heavy atom. The van der Waals surface area contributed by atoms with E-state index in [9.17, 15) is 35.1 Å². The Morgan fingerprint density at radius 1 is 0.905 bits per heavy atom. The third kappa shape index (κ3) is 2.25. The second-order valence-corrected chi connectivity index (χ2v) is 3.95. The molecule has 0 atom stereocenters. The quantitative estimate of drug-likeness (QED) is 0.477. The number of carbonyl (C=O) groups excluding carboxylic acids is 1. The lowest BCUT2D eigenvalue weighted by atomic mass is 10.0. The van der Waals surface area contributed by atoms with Crippen LogP contribution >= 0.6 is 0 Å². The molecule has 2 aromatic rings. The van der Waals surface area contributed by atoms with Crippen LogP contribution in [0.4, 0.5) is 17.1 Å². The molecule has 0 aliphatic heterocycles. The molecule has 21 heavy (non-hydrogen) atoms. The molecule has 0 spiro atoms. The van der Waals surface area contributed by atoms with Gasteiger partial charge >= 0.3 is 0 Å². The molecule has 0 saturated carbocycles. The van der Waals surface area contributed by atoms with Gasteiger partial charge in [-0.25, -0.2) is 0 Å². The van der Waals surface area contributed by atoms with E-state index in [0.717, 1.165) is 24.3 Å². The summed E-state index contributed by atoms with van der Waals surface area (Å²) in [6, 6.07) is 3.99. The van der Waals surface area contributed by atoms with Crippen molar-refractivity contribution in [3.05, 3.63) is 60.2 Å². The molecule has 0 heterocycles. The van der Waals surface area contributed by atoms with Crippen LogP contribution in [0.1, 0.15) is 10.4 Å². The van der Waals surface area contributed by atoms with Gasteiger partial charge in [0.05, 0.1) is 20.2 Å². The molecule has 0 bridgehead atoms. The molecule has 0 aliphatic rings. The average Bonchev–Trinajstić information content (AvgIpc) is 2.43. The predicted molar refractivity (Wildman–Crippen MR) is 69.3 cm³/mol. The largest absolute Gasteiger partial charge is 0.297 e. The third-order valence-corrected chi connectivity index (χ3v) is 2.82. The van der Waals surface area contributed by atoms with Crippen molar-refractivity contribution in [2.45, 2.75) is 0 Å². The molecule has 2 rings (SSSR count). The Balaban J connectivity index is 2.98. The lowest BCUT2D eigenvalue weighted by molar-refractivity contribution is -0.393. The average molecular weight is 291 g/mol. The van der Waals surface area contributed by atoms with Gasteiger partial charge in [0.1, 0.15) is 0 Å². The first-order valence-electron chi connectivity index (χ1n) is 5.36. The molecule has 2 aromatic carbocycles. The van der Waals surface area contributed by atoms with E-state index in [4.69, 9.17) is 0 Å². The molecule has 0 saturated heterocycles. The fourth-order valence-corrected chi connectivity index (χ4v) is 1.95. The molecule has 0 amide bonds. The standard InChI is InChI=1S/C11H5N3O7/c15-5-9-10(13(18)19)4-6-3-7(12(16)17)1-2-8(6)11(9)14(20)21/h1-5H. The van der Waals surface area contributed by atoms with Crippen molar-refractivity contribution in [1.29, 1.82) is 0 Å². The van der Waals surface area contributed by atoms with Gasteiger partial charge < -0.3 is 0 Å². The Hall–Kier alpha value is -3.43. The van der Waals surface area contributed by atoms with Crippen molar-refractivity contribution in [3.63, 3.8) is 0 Å². The number of hydrogen-bond donors (Lipinski definition) is 0. The van der Waals surface area contributed by atoms with Crippen LogP contribution in [0.25, 0.3) is 10.8 Å². The van der Waals surface area contributed by atoms with E-state index in [1.165, 1.54) is 0 Å². The summed E-state index contributed by atoms with van der Waals surface area (Å²) >= 11 is 0. The second kappa shape index (κ2) is 4.92. The zero-order chi connectivity index (χ0) is 15.7. The fourth-order valence-electron chi connectivity index (χ4n) is 1.95. The van der Waals surface area contributed by atoms with Crippen molar-refractivity contribution in [3.8, 4) is 0 Å². The van der Waals surface area contributed by atoms with Crippen LogP contribution in [0.3, 0.4) is 0 Å². The van der Waals surface area contributed by atoms with Crippen molar-refractivity contribution >= 4 is 34.1 Å². The minimum atomic E-state index is -0.949. The SMILES string of the molecule is O=Cc1c([N+](=O)[O-])cc2cc([N+](=O)[O-])ccc2c1[N+](=O)[O-]. The van der Waals surface area contributed by atoms with E-state index >= 15 is 0 Å². The first-order chi connectivity index (χ1) is 9.86. The van der Waals surface area contributed by atoms with Gasteiger partial charge in [0.15, 0.2) is 11.8 Å². The van der Waals surface area contributed by atoms with Gasteiger partial charge in [-0.1, -0.05) is 0 Å². The number of nitro benzene ring substituents is 3. The fraction of sp³-hybridized carbons (Fsp3) is 0. The van der Waals surface area contributed by atoms with Crippen LogP contribution in [-0.4, -0.2) is 21.1 Å². The molecule has 0 N–H and O–H groups in total. The minimum Gasteiger partial charge on any atom is -0.297 e. The minimum absolute atomic E-state index is 0.0249. The van der Waals surface area contributed by atoms with Crippen LogP contribution in [0.15, 0.2) is 24.3 Å². The van der Waals surface area contributed by atoms with E-state index in [1.807, 2.05) is 0 Å². The molecule has 0 unspecified atom stereocenters. The Morgan fingerprint density at radius 3 is 2.05 bits per heavy atom. The van der Waals surface area contributed by atoms with Gasteiger partial charge in [0.2, 0.25) is 0 Å².